The van der Waals surface area contributed by atoms with Gasteiger partial charge in [0.05, 0.1) is 7.11 Å². The summed E-state index contributed by atoms with van der Waals surface area (Å²) < 4.78 is 5.11. The number of carbonyl (C=O) groups is 1. The largest absolute Gasteiger partial charge is 0.497 e. The van der Waals surface area contributed by atoms with Crippen molar-refractivity contribution in [2.24, 2.45) is 5.92 Å². The van der Waals surface area contributed by atoms with Gasteiger partial charge in [0, 0.05) is 35.9 Å². The molecule has 1 saturated heterocycles. The van der Waals surface area contributed by atoms with Gasteiger partial charge in [-0.1, -0.05) is 11.6 Å². The molecule has 3 rings (SSSR count). The maximum absolute atomic E-state index is 12.2. The second kappa shape index (κ2) is 7.58. The molecule has 0 saturated carbocycles. The normalized spacial score (nSPS) is 16.9. The number of nitrogens with zero attached hydrogens (tertiary/aromatic N) is 1. The highest BCUT2D eigenvalue weighted by Gasteiger charge is 2.23. The smallest absolute Gasteiger partial charge is 0.251 e. The summed E-state index contributed by atoms with van der Waals surface area (Å²) in [5.74, 6) is 1.17. The Morgan fingerprint density at radius 1 is 1.21 bits per heavy atom. The number of carbonyl (C=O) groups excluding carboxylic acids is 1. The van der Waals surface area contributed by atoms with Crippen LogP contribution in [0.1, 0.15) is 16.8 Å². The van der Waals surface area contributed by atoms with Crippen LogP contribution in [0.2, 0.25) is 5.02 Å². The lowest BCUT2D eigenvalue weighted by Crippen LogP contribution is -2.31. The Balaban J connectivity index is 1.50. The summed E-state index contributed by atoms with van der Waals surface area (Å²) in [5, 5.41) is 3.78. The SMILES string of the molecule is COc1ccc(C(=O)NCC2CCN(c3ccc(Cl)cc3)C2)cc1. The first-order valence-electron chi connectivity index (χ1n) is 8.08. The first-order valence-corrected chi connectivity index (χ1v) is 8.46. The summed E-state index contributed by atoms with van der Waals surface area (Å²) in [6.07, 6.45) is 1.07. The van der Waals surface area contributed by atoms with E-state index in [1.54, 1.807) is 31.4 Å². The highest BCUT2D eigenvalue weighted by atomic mass is 35.5. The molecular weight excluding hydrogens is 324 g/mol. The molecular formula is C19H21ClN2O2. The van der Waals surface area contributed by atoms with Gasteiger partial charge in [0.2, 0.25) is 0 Å². The van der Waals surface area contributed by atoms with E-state index in [1.165, 1.54) is 5.69 Å². The van der Waals surface area contributed by atoms with E-state index in [0.717, 1.165) is 30.3 Å². The molecule has 2 aromatic carbocycles. The number of anilines is 1. The Kier molecular flexibility index (Phi) is 5.26. The Hall–Kier alpha value is -2.20. The van der Waals surface area contributed by atoms with Crippen molar-refractivity contribution in [3.63, 3.8) is 0 Å². The van der Waals surface area contributed by atoms with Gasteiger partial charge in [-0.05, 0) is 60.9 Å². The fourth-order valence-electron chi connectivity index (χ4n) is 2.97. The predicted molar refractivity (Wildman–Crippen MR) is 97.1 cm³/mol. The van der Waals surface area contributed by atoms with Gasteiger partial charge in [-0.2, -0.15) is 0 Å². The Labute approximate surface area is 147 Å². The van der Waals surface area contributed by atoms with Crippen LogP contribution in [-0.2, 0) is 0 Å². The van der Waals surface area contributed by atoms with E-state index in [4.69, 9.17) is 16.3 Å². The molecule has 1 unspecified atom stereocenters. The highest BCUT2D eigenvalue weighted by Crippen LogP contribution is 2.24. The van der Waals surface area contributed by atoms with Crippen molar-refractivity contribution in [1.82, 2.24) is 5.32 Å². The minimum atomic E-state index is -0.0393. The van der Waals surface area contributed by atoms with E-state index in [9.17, 15) is 4.79 Å². The van der Waals surface area contributed by atoms with Gasteiger partial charge in [0.25, 0.3) is 5.91 Å². The molecule has 4 nitrogen and oxygen atoms in total. The van der Waals surface area contributed by atoms with Crippen LogP contribution in [0.5, 0.6) is 5.75 Å². The number of amides is 1. The van der Waals surface area contributed by atoms with Crippen molar-refractivity contribution >= 4 is 23.2 Å². The van der Waals surface area contributed by atoms with Crippen LogP contribution in [0.4, 0.5) is 5.69 Å². The van der Waals surface area contributed by atoms with Gasteiger partial charge in [-0.15, -0.1) is 0 Å². The molecule has 1 aliphatic rings. The number of benzene rings is 2. The second-order valence-electron chi connectivity index (χ2n) is 6.02. The van der Waals surface area contributed by atoms with Crippen molar-refractivity contribution in [3.8, 4) is 5.75 Å². The van der Waals surface area contributed by atoms with Gasteiger partial charge in [-0.3, -0.25) is 4.79 Å². The molecule has 0 spiro atoms. The van der Waals surface area contributed by atoms with E-state index in [2.05, 4.69) is 10.2 Å². The Bertz CT molecular complexity index is 686. The standard InChI is InChI=1S/C19H21ClN2O2/c1-24-18-8-2-15(3-9-18)19(23)21-12-14-10-11-22(13-14)17-6-4-16(20)5-7-17/h2-9,14H,10-13H2,1H3,(H,21,23). The summed E-state index contributed by atoms with van der Waals surface area (Å²) in [7, 11) is 1.61. The Morgan fingerprint density at radius 3 is 2.58 bits per heavy atom. The Morgan fingerprint density at radius 2 is 1.92 bits per heavy atom. The molecule has 1 fully saturated rings. The van der Waals surface area contributed by atoms with Gasteiger partial charge < -0.3 is 15.0 Å². The average Bonchev–Trinajstić information content (AvgIpc) is 3.09. The predicted octanol–water partition coefficient (Wildman–Crippen LogP) is 3.60. The first-order chi connectivity index (χ1) is 11.7. The zero-order chi connectivity index (χ0) is 16.9. The fourth-order valence-corrected chi connectivity index (χ4v) is 3.09. The summed E-state index contributed by atoms with van der Waals surface area (Å²) in [6.45, 7) is 2.64. The lowest BCUT2D eigenvalue weighted by Gasteiger charge is -2.19. The highest BCUT2D eigenvalue weighted by molar-refractivity contribution is 6.30. The van der Waals surface area contributed by atoms with E-state index in [0.29, 0.717) is 18.0 Å². The van der Waals surface area contributed by atoms with Crippen LogP contribution in [0, 0.1) is 5.92 Å². The van der Waals surface area contributed by atoms with Crippen molar-refractivity contribution < 1.29 is 9.53 Å². The van der Waals surface area contributed by atoms with Gasteiger partial charge in [0.15, 0.2) is 0 Å². The van der Waals surface area contributed by atoms with Gasteiger partial charge in [-0.25, -0.2) is 0 Å². The molecule has 1 amide bonds. The van der Waals surface area contributed by atoms with E-state index in [1.807, 2.05) is 24.3 Å². The van der Waals surface area contributed by atoms with Crippen LogP contribution >= 0.6 is 11.6 Å². The molecule has 0 aliphatic carbocycles. The van der Waals surface area contributed by atoms with E-state index < -0.39 is 0 Å². The van der Waals surface area contributed by atoms with E-state index >= 15 is 0 Å². The molecule has 2 aromatic rings. The molecule has 24 heavy (non-hydrogen) atoms. The zero-order valence-corrected chi connectivity index (χ0v) is 14.4. The third kappa shape index (κ3) is 4.01. The average molecular weight is 345 g/mol. The first kappa shape index (κ1) is 16.7. The third-order valence-corrected chi connectivity index (χ3v) is 4.63. The van der Waals surface area contributed by atoms with Gasteiger partial charge in [0.1, 0.15) is 5.75 Å². The van der Waals surface area contributed by atoms with Crippen molar-refractivity contribution in [2.45, 2.75) is 6.42 Å². The molecule has 1 atom stereocenters. The van der Waals surface area contributed by atoms with Crippen LogP contribution in [0.15, 0.2) is 48.5 Å². The van der Waals surface area contributed by atoms with Gasteiger partial charge >= 0.3 is 0 Å². The number of ether oxygens (including phenoxy) is 1. The number of methoxy groups -OCH3 is 1. The minimum absolute atomic E-state index is 0.0393. The molecule has 1 N–H and O–H groups in total. The third-order valence-electron chi connectivity index (χ3n) is 4.38. The number of rotatable bonds is 5. The summed E-state index contributed by atoms with van der Waals surface area (Å²) in [6, 6.07) is 15.1. The van der Waals surface area contributed by atoms with Crippen molar-refractivity contribution in [2.75, 3.05) is 31.6 Å². The lowest BCUT2D eigenvalue weighted by molar-refractivity contribution is 0.0948. The minimum Gasteiger partial charge on any atom is -0.497 e. The fraction of sp³-hybridized carbons (Fsp3) is 0.316. The quantitative estimate of drug-likeness (QED) is 0.901. The van der Waals surface area contributed by atoms with E-state index in [-0.39, 0.29) is 5.91 Å². The lowest BCUT2D eigenvalue weighted by atomic mass is 10.1. The zero-order valence-electron chi connectivity index (χ0n) is 13.7. The maximum atomic E-state index is 12.2. The van der Waals surface area contributed by atoms with Crippen LogP contribution in [0.3, 0.4) is 0 Å². The van der Waals surface area contributed by atoms with Crippen molar-refractivity contribution in [3.05, 3.63) is 59.1 Å². The molecule has 0 aromatic heterocycles. The summed E-state index contributed by atoms with van der Waals surface area (Å²) in [5.41, 5.74) is 1.84. The number of nitrogens with one attached hydrogen (secondary N) is 1. The maximum Gasteiger partial charge on any atom is 0.251 e. The number of hydrogen-bond donors (Lipinski definition) is 1. The molecule has 0 radical (unpaired) electrons. The van der Waals surface area contributed by atoms with Crippen molar-refractivity contribution in [1.29, 1.82) is 0 Å². The second-order valence-corrected chi connectivity index (χ2v) is 6.45. The summed E-state index contributed by atoms with van der Waals surface area (Å²) >= 11 is 5.93. The van der Waals surface area contributed by atoms with Crippen LogP contribution in [-0.4, -0.2) is 32.7 Å². The topological polar surface area (TPSA) is 41.6 Å². The molecule has 126 valence electrons. The molecule has 5 heteroatoms. The monoisotopic (exact) mass is 344 g/mol. The summed E-state index contributed by atoms with van der Waals surface area (Å²) in [4.78, 5) is 14.5. The molecule has 0 bridgehead atoms. The molecule has 1 aliphatic heterocycles. The molecule has 1 heterocycles. The van der Waals surface area contributed by atoms with Crippen LogP contribution in [0.25, 0.3) is 0 Å². The number of halogens is 1. The number of hydrogen-bond acceptors (Lipinski definition) is 3. The van der Waals surface area contributed by atoms with Crippen LogP contribution < -0.4 is 15.0 Å².